The van der Waals surface area contributed by atoms with E-state index in [4.69, 9.17) is 0 Å². The fourth-order valence-corrected chi connectivity index (χ4v) is 1.49. The maximum atomic E-state index is 11.3. The predicted molar refractivity (Wildman–Crippen MR) is 68.8 cm³/mol. The maximum absolute atomic E-state index is 11.3. The van der Waals surface area contributed by atoms with Crippen LogP contribution in [0.25, 0.3) is 6.08 Å². The largest absolute Gasteiger partial charge is 0.550 e. The highest BCUT2D eigenvalue weighted by molar-refractivity contribution is 5.94. The summed E-state index contributed by atoms with van der Waals surface area (Å²) in [4.78, 5) is 21.5. The molecule has 0 unspecified atom stereocenters. The molecule has 0 radical (unpaired) electrons. The Morgan fingerprint density at radius 1 is 1.17 bits per heavy atom. The minimum Gasteiger partial charge on any atom is -0.550 e. The number of carboxylic acids is 1. The topological polar surface area (TPSA) is 57.2 Å². The Kier molecular flexibility index (Phi) is 5.31. The SMILES string of the molecule is CC(C)c1ccc(/C=C/C(=O)CCC(=O)[O-])cc1. The highest BCUT2D eigenvalue weighted by Crippen LogP contribution is 2.15. The van der Waals surface area contributed by atoms with E-state index in [2.05, 4.69) is 13.8 Å². The normalized spacial score (nSPS) is 11.1. The molecule has 1 rings (SSSR count). The van der Waals surface area contributed by atoms with E-state index in [1.807, 2.05) is 24.3 Å². The minimum absolute atomic E-state index is 0.0110. The lowest BCUT2D eigenvalue weighted by Gasteiger charge is -2.04. The van der Waals surface area contributed by atoms with Crippen molar-refractivity contribution in [1.29, 1.82) is 0 Å². The molecular weight excluding hydrogens is 228 g/mol. The minimum atomic E-state index is -1.20. The van der Waals surface area contributed by atoms with Crippen molar-refractivity contribution in [3.63, 3.8) is 0 Å². The Labute approximate surface area is 107 Å². The van der Waals surface area contributed by atoms with Crippen LogP contribution in [0.5, 0.6) is 0 Å². The van der Waals surface area contributed by atoms with Gasteiger partial charge in [0.1, 0.15) is 0 Å². The van der Waals surface area contributed by atoms with Gasteiger partial charge in [-0.05, 0) is 29.5 Å². The molecule has 3 nitrogen and oxygen atoms in total. The molecule has 0 aromatic heterocycles. The standard InChI is InChI=1S/C15H18O3/c1-11(2)13-6-3-12(4-7-13)5-8-14(16)9-10-15(17)18/h3-8,11H,9-10H2,1-2H3,(H,17,18)/p-1/b8-5+. The second-order valence-corrected chi connectivity index (χ2v) is 4.49. The Hall–Kier alpha value is -1.90. The Bertz CT molecular complexity index is 441. The zero-order valence-electron chi connectivity index (χ0n) is 10.7. The number of ketones is 1. The zero-order chi connectivity index (χ0) is 13.5. The summed E-state index contributed by atoms with van der Waals surface area (Å²) in [6.07, 6.45) is 2.87. The lowest BCUT2D eigenvalue weighted by Crippen LogP contribution is -2.22. The van der Waals surface area contributed by atoms with E-state index in [9.17, 15) is 14.7 Å². The van der Waals surface area contributed by atoms with Crippen LogP contribution in [-0.4, -0.2) is 11.8 Å². The van der Waals surface area contributed by atoms with E-state index in [0.717, 1.165) is 5.56 Å². The summed E-state index contributed by atoms with van der Waals surface area (Å²) in [6.45, 7) is 4.24. The van der Waals surface area contributed by atoms with Crippen LogP contribution in [0.15, 0.2) is 30.3 Å². The number of allylic oxidation sites excluding steroid dienone is 1. The average Bonchev–Trinajstić information content (AvgIpc) is 2.34. The molecule has 0 atom stereocenters. The number of hydrogen-bond donors (Lipinski definition) is 0. The van der Waals surface area contributed by atoms with E-state index in [1.54, 1.807) is 6.08 Å². The van der Waals surface area contributed by atoms with Gasteiger partial charge in [0, 0.05) is 12.4 Å². The van der Waals surface area contributed by atoms with Gasteiger partial charge in [0.05, 0.1) is 0 Å². The van der Waals surface area contributed by atoms with Crippen molar-refractivity contribution in [3.8, 4) is 0 Å². The first-order chi connectivity index (χ1) is 8.49. The van der Waals surface area contributed by atoms with Crippen LogP contribution in [-0.2, 0) is 9.59 Å². The van der Waals surface area contributed by atoms with E-state index in [1.165, 1.54) is 11.6 Å². The first kappa shape index (κ1) is 14.2. The average molecular weight is 245 g/mol. The summed E-state index contributed by atoms with van der Waals surface area (Å²) in [6, 6.07) is 7.93. The highest BCUT2D eigenvalue weighted by atomic mass is 16.4. The molecule has 0 saturated heterocycles. The molecule has 1 aromatic rings. The third-order valence-electron chi connectivity index (χ3n) is 2.64. The van der Waals surface area contributed by atoms with Crippen molar-refractivity contribution >= 4 is 17.8 Å². The van der Waals surface area contributed by atoms with Crippen molar-refractivity contribution in [2.75, 3.05) is 0 Å². The molecule has 96 valence electrons. The number of carbonyl (C=O) groups excluding carboxylic acids is 2. The van der Waals surface area contributed by atoms with Gasteiger partial charge in [0.2, 0.25) is 0 Å². The number of carboxylic acid groups (broad SMARTS) is 1. The number of hydrogen-bond acceptors (Lipinski definition) is 3. The van der Waals surface area contributed by atoms with Crippen molar-refractivity contribution in [2.45, 2.75) is 32.6 Å². The van der Waals surface area contributed by atoms with Crippen molar-refractivity contribution < 1.29 is 14.7 Å². The fourth-order valence-electron chi connectivity index (χ4n) is 1.49. The summed E-state index contributed by atoms with van der Waals surface area (Å²) < 4.78 is 0. The van der Waals surface area contributed by atoms with Gasteiger partial charge in [-0.15, -0.1) is 0 Å². The smallest absolute Gasteiger partial charge is 0.156 e. The summed E-state index contributed by atoms with van der Waals surface area (Å²) in [5.74, 6) is -0.919. The first-order valence-corrected chi connectivity index (χ1v) is 5.99. The molecule has 1 aromatic carbocycles. The fraction of sp³-hybridized carbons (Fsp3) is 0.333. The Balaban J connectivity index is 2.56. The Morgan fingerprint density at radius 2 is 1.78 bits per heavy atom. The van der Waals surface area contributed by atoms with Gasteiger partial charge in [-0.25, -0.2) is 0 Å². The van der Waals surface area contributed by atoms with Crippen LogP contribution in [0.3, 0.4) is 0 Å². The van der Waals surface area contributed by atoms with Crippen LogP contribution < -0.4 is 5.11 Å². The first-order valence-electron chi connectivity index (χ1n) is 5.99. The third-order valence-corrected chi connectivity index (χ3v) is 2.64. The van der Waals surface area contributed by atoms with Gasteiger partial charge < -0.3 is 9.90 Å². The summed E-state index contributed by atoms with van der Waals surface area (Å²) in [7, 11) is 0. The molecule has 0 spiro atoms. The number of benzene rings is 1. The molecule has 0 aliphatic rings. The lowest BCUT2D eigenvalue weighted by molar-refractivity contribution is -0.305. The van der Waals surface area contributed by atoms with Gasteiger partial charge in [0.25, 0.3) is 0 Å². The lowest BCUT2D eigenvalue weighted by atomic mass is 10.0. The number of aliphatic carboxylic acids is 1. The molecule has 0 bridgehead atoms. The molecule has 3 heteroatoms. The van der Waals surface area contributed by atoms with Gasteiger partial charge in [-0.3, -0.25) is 4.79 Å². The molecule has 18 heavy (non-hydrogen) atoms. The van der Waals surface area contributed by atoms with E-state index in [-0.39, 0.29) is 18.6 Å². The summed E-state index contributed by atoms with van der Waals surface area (Å²) in [5.41, 5.74) is 2.18. The van der Waals surface area contributed by atoms with Gasteiger partial charge in [0.15, 0.2) is 5.78 Å². The van der Waals surface area contributed by atoms with Crippen molar-refractivity contribution in [1.82, 2.24) is 0 Å². The zero-order valence-corrected chi connectivity index (χ0v) is 10.7. The monoisotopic (exact) mass is 245 g/mol. The Morgan fingerprint density at radius 3 is 2.28 bits per heavy atom. The molecule has 0 saturated carbocycles. The molecule has 0 fully saturated rings. The predicted octanol–water partition coefficient (Wildman–Crippen LogP) is 1.92. The van der Waals surface area contributed by atoms with E-state index in [0.29, 0.717) is 5.92 Å². The third kappa shape index (κ3) is 4.95. The molecule has 0 heterocycles. The summed E-state index contributed by atoms with van der Waals surface area (Å²) >= 11 is 0. The molecular formula is C15H17O3-. The van der Waals surface area contributed by atoms with Gasteiger partial charge in [-0.2, -0.15) is 0 Å². The van der Waals surface area contributed by atoms with Crippen LogP contribution in [0.2, 0.25) is 0 Å². The highest BCUT2D eigenvalue weighted by Gasteiger charge is 1.99. The second kappa shape index (κ2) is 6.74. The second-order valence-electron chi connectivity index (χ2n) is 4.49. The van der Waals surface area contributed by atoms with Crippen molar-refractivity contribution in [2.24, 2.45) is 0 Å². The van der Waals surface area contributed by atoms with Gasteiger partial charge in [-0.1, -0.05) is 44.2 Å². The maximum Gasteiger partial charge on any atom is 0.156 e. The van der Waals surface area contributed by atoms with Gasteiger partial charge >= 0.3 is 0 Å². The molecule has 0 aliphatic carbocycles. The van der Waals surface area contributed by atoms with E-state index >= 15 is 0 Å². The van der Waals surface area contributed by atoms with Crippen LogP contribution in [0.4, 0.5) is 0 Å². The van der Waals surface area contributed by atoms with Crippen LogP contribution in [0, 0.1) is 0 Å². The van der Waals surface area contributed by atoms with Crippen molar-refractivity contribution in [3.05, 3.63) is 41.5 Å². The molecule has 0 aliphatic heterocycles. The van der Waals surface area contributed by atoms with E-state index < -0.39 is 5.97 Å². The molecule has 0 N–H and O–H groups in total. The number of rotatable bonds is 6. The van der Waals surface area contributed by atoms with Crippen LogP contribution >= 0.6 is 0 Å². The number of carbonyl (C=O) groups is 2. The quantitative estimate of drug-likeness (QED) is 0.719. The summed E-state index contributed by atoms with van der Waals surface area (Å²) in [5, 5.41) is 10.2. The van der Waals surface area contributed by atoms with Crippen LogP contribution in [0.1, 0.15) is 43.7 Å². The molecule has 0 amide bonds.